The number of unbranched alkanes of at least 4 members (excludes halogenated alkanes) is 29. The molecule has 0 saturated carbocycles. The lowest BCUT2D eigenvalue weighted by molar-refractivity contribution is 0.111. The fraction of sp³-hybridized carbons (Fsp3) is 0.915. The molecular weight excluding hydrogens is 625 g/mol. The lowest BCUT2D eigenvalue weighted by Gasteiger charge is -2.18. The van der Waals surface area contributed by atoms with E-state index in [2.05, 4.69) is 36.7 Å². The molecular formula is C47H92N2O2. The van der Waals surface area contributed by atoms with E-state index in [1.165, 1.54) is 212 Å². The van der Waals surface area contributed by atoms with Crippen LogP contribution in [0.1, 0.15) is 232 Å². The quantitative estimate of drug-likeness (QED) is 0.0386. The van der Waals surface area contributed by atoms with Crippen molar-refractivity contribution in [1.82, 2.24) is 10.2 Å². The number of nitrogens with zero attached hydrogens (tertiary/aromatic N) is 1. The summed E-state index contributed by atoms with van der Waals surface area (Å²) in [7, 11) is 0. The van der Waals surface area contributed by atoms with Gasteiger partial charge in [0.05, 0.1) is 0 Å². The fourth-order valence-electron chi connectivity index (χ4n) is 6.85. The average molecular weight is 717 g/mol. The van der Waals surface area contributed by atoms with Crippen LogP contribution in [0.5, 0.6) is 0 Å². The number of rotatable bonds is 45. The Kier molecular flexibility index (Phi) is 43.9. The third-order valence-electron chi connectivity index (χ3n) is 10.5. The van der Waals surface area contributed by atoms with Crippen molar-refractivity contribution in [3.05, 3.63) is 12.3 Å². The van der Waals surface area contributed by atoms with Gasteiger partial charge >= 0.3 is 0 Å². The Morgan fingerprint density at radius 3 is 1.12 bits per heavy atom. The highest BCUT2D eigenvalue weighted by atomic mass is 16.5. The van der Waals surface area contributed by atoms with Crippen molar-refractivity contribution in [3.8, 4) is 12.5 Å². The minimum Gasteiger partial charge on any atom is -0.389 e. The van der Waals surface area contributed by atoms with Gasteiger partial charge in [-0.25, -0.2) is 0 Å². The van der Waals surface area contributed by atoms with Crippen LogP contribution in [0, 0.1) is 12.5 Å². The number of terminal acetylenes is 1. The minimum absolute atomic E-state index is 0.915. The van der Waals surface area contributed by atoms with Crippen LogP contribution in [0.4, 0.5) is 0 Å². The summed E-state index contributed by atoms with van der Waals surface area (Å²) in [5.41, 5.74) is 1.13. The van der Waals surface area contributed by atoms with Crippen LogP contribution < -0.4 is 5.32 Å². The van der Waals surface area contributed by atoms with Crippen molar-refractivity contribution in [2.75, 3.05) is 46.1 Å². The maximum absolute atomic E-state index is 5.83. The molecule has 302 valence electrons. The van der Waals surface area contributed by atoms with Crippen molar-refractivity contribution in [3.63, 3.8) is 0 Å². The molecule has 0 aliphatic carbocycles. The smallest absolute Gasteiger partial charge is 0.0466 e. The summed E-state index contributed by atoms with van der Waals surface area (Å²) < 4.78 is 11.5. The highest BCUT2D eigenvalue weighted by Crippen LogP contribution is 2.16. The molecule has 0 bridgehead atoms. The molecule has 1 N–H and O–H groups in total. The van der Waals surface area contributed by atoms with E-state index in [-0.39, 0.29) is 0 Å². The summed E-state index contributed by atoms with van der Waals surface area (Å²) in [5, 5.41) is 3.50. The first-order valence-electron chi connectivity index (χ1n) is 23.0. The van der Waals surface area contributed by atoms with Gasteiger partial charge in [-0.1, -0.05) is 194 Å². The Bertz CT molecular complexity index is 705. The van der Waals surface area contributed by atoms with Gasteiger partial charge in [-0.15, -0.1) is 0 Å². The van der Waals surface area contributed by atoms with Crippen LogP contribution in [0.3, 0.4) is 0 Å². The van der Waals surface area contributed by atoms with E-state index >= 15 is 0 Å². The number of nitrogens with one attached hydrogen (secondary N) is 1. The van der Waals surface area contributed by atoms with Gasteiger partial charge in [0.2, 0.25) is 0 Å². The summed E-state index contributed by atoms with van der Waals surface area (Å²) in [6.07, 6.45) is 51.7. The van der Waals surface area contributed by atoms with Crippen LogP contribution in [0.25, 0.3) is 0 Å². The lowest BCUT2D eigenvalue weighted by Crippen LogP contribution is -2.23. The average Bonchev–Trinajstić information content (AvgIpc) is 3.14. The molecule has 0 aromatic rings. The van der Waals surface area contributed by atoms with Crippen molar-refractivity contribution in [1.29, 1.82) is 0 Å². The summed E-state index contributed by atoms with van der Waals surface area (Å²) in [4.78, 5) is 2.08. The molecule has 0 aromatic heterocycles. The second-order valence-corrected chi connectivity index (χ2v) is 15.6. The van der Waals surface area contributed by atoms with Crippen LogP contribution in [-0.2, 0) is 9.47 Å². The van der Waals surface area contributed by atoms with Gasteiger partial charge in [-0.2, -0.15) is 0 Å². The molecule has 0 radical (unpaired) electrons. The Labute approximate surface area is 321 Å². The SMILES string of the molecule is C#CN(CCCC)CCC(=C)NCCCCCCCCCCCCCCCCCCCCCCCCCCOCCCCCOCCCCCC. The standard InChI is InChI=1S/C47H92N2O2/c1-5-8-10-35-43-50-45-37-33-38-46-51-44-36-32-30-28-26-24-22-20-18-16-14-12-11-13-15-17-19-21-23-25-27-29-31-34-40-48-47(4)39-42-49(7-3)41-9-6-2/h3,48H,4-6,8-46H2,1-2H3. The Morgan fingerprint density at radius 2 is 0.765 bits per heavy atom. The van der Waals surface area contributed by atoms with Gasteiger partial charge in [0.1, 0.15) is 0 Å². The predicted molar refractivity (Wildman–Crippen MR) is 228 cm³/mol. The molecule has 51 heavy (non-hydrogen) atoms. The molecule has 0 atom stereocenters. The zero-order valence-electron chi connectivity index (χ0n) is 35.0. The third-order valence-corrected chi connectivity index (χ3v) is 10.5. The number of hydrogen-bond acceptors (Lipinski definition) is 4. The summed E-state index contributed by atoms with van der Waals surface area (Å²) >= 11 is 0. The molecule has 0 rings (SSSR count). The van der Waals surface area contributed by atoms with E-state index < -0.39 is 0 Å². The first-order valence-corrected chi connectivity index (χ1v) is 23.0. The molecule has 4 nitrogen and oxygen atoms in total. The second kappa shape index (κ2) is 45.0. The molecule has 4 heteroatoms. The van der Waals surface area contributed by atoms with E-state index in [9.17, 15) is 0 Å². The second-order valence-electron chi connectivity index (χ2n) is 15.6. The van der Waals surface area contributed by atoms with Gasteiger partial charge in [0, 0.05) is 64.2 Å². The maximum Gasteiger partial charge on any atom is 0.0466 e. The van der Waals surface area contributed by atoms with Gasteiger partial charge in [0.15, 0.2) is 0 Å². The van der Waals surface area contributed by atoms with Gasteiger partial charge in [0.25, 0.3) is 0 Å². The molecule has 0 amide bonds. The molecule has 0 fully saturated rings. The van der Waals surface area contributed by atoms with Crippen LogP contribution in [-0.4, -0.2) is 51.0 Å². The van der Waals surface area contributed by atoms with Crippen LogP contribution in [0.2, 0.25) is 0 Å². The number of ether oxygens (including phenoxy) is 2. The fourth-order valence-corrected chi connectivity index (χ4v) is 6.85. The first kappa shape index (κ1) is 49.8. The normalized spacial score (nSPS) is 11.2. The van der Waals surface area contributed by atoms with Crippen molar-refractivity contribution < 1.29 is 9.47 Å². The molecule has 0 unspecified atom stereocenters. The summed E-state index contributed by atoms with van der Waals surface area (Å²) in [6, 6.07) is 2.80. The Morgan fingerprint density at radius 1 is 0.451 bits per heavy atom. The topological polar surface area (TPSA) is 33.7 Å². The highest BCUT2D eigenvalue weighted by Gasteiger charge is 2.02. The monoisotopic (exact) mass is 717 g/mol. The Hall–Kier alpha value is -1.18. The van der Waals surface area contributed by atoms with E-state index in [0.717, 1.165) is 58.2 Å². The van der Waals surface area contributed by atoms with E-state index in [1.54, 1.807) is 0 Å². The molecule has 0 aromatic carbocycles. The molecule has 0 heterocycles. The minimum atomic E-state index is 0.915. The third kappa shape index (κ3) is 43.1. The van der Waals surface area contributed by atoms with E-state index in [1.807, 2.05) is 0 Å². The van der Waals surface area contributed by atoms with Crippen LogP contribution >= 0.6 is 0 Å². The zero-order valence-corrected chi connectivity index (χ0v) is 35.0. The predicted octanol–water partition coefficient (Wildman–Crippen LogP) is 14.3. The van der Waals surface area contributed by atoms with E-state index in [0.29, 0.717) is 0 Å². The zero-order chi connectivity index (χ0) is 37.0. The molecule has 0 aliphatic heterocycles. The van der Waals surface area contributed by atoms with Crippen molar-refractivity contribution in [2.45, 2.75) is 232 Å². The van der Waals surface area contributed by atoms with Crippen molar-refractivity contribution >= 4 is 0 Å². The Balaban J connectivity index is 3.14. The van der Waals surface area contributed by atoms with Crippen molar-refractivity contribution in [2.24, 2.45) is 0 Å². The first-order chi connectivity index (χ1) is 25.2. The maximum atomic E-state index is 5.83. The van der Waals surface area contributed by atoms with Gasteiger partial charge in [-0.3, -0.25) is 0 Å². The van der Waals surface area contributed by atoms with Gasteiger partial charge < -0.3 is 19.7 Å². The van der Waals surface area contributed by atoms with E-state index in [4.69, 9.17) is 15.9 Å². The molecule has 0 saturated heterocycles. The summed E-state index contributed by atoms with van der Waals surface area (Å²) in [6.45, 7) is 15.4. The number of hydrogen-bond donors (Lipinski definition) is 1. The molecule has 0 aliphatic rings. The van der Waals surface area contributed by atoms with Crippen LogP contribution in [0.15, 0.2) is 12.3 Å². The lowest BCUT2D eigenvalue weighted by atomic mass is 10.0. The highest BCUT2D eigenvalue weighted by molar-refractivity contribution is 4.94. The largest absolute Gasteiger partial charge is 0.389 e. The summed E-state index contributed by atoms with van der Waals surface area (Å²) in [5.74, 6) is 0. The van der Waals surface area contributed by atoms with Gasteiger partial charge in [-0.05, 0) is 44.9 Å². The molecule has 0 spiro atoms.